The van der Waals surface area contributed by atoms with Crippen molar-refractivity contribution in [2.75, 3.05) is 11.5 Å². The van der Waals surface area contributed by atoms with Crippen LogP contribution in [0.4, 0.5) is 16.2 Å². The highest BCUT2D eigenvalue weighted by atomic mass is 19.1. The molecule has 2 heterocycles. The van der Waals surface area contributed by atoms with Gasteiger partial charge >= 0.3 is 0 Å². The average molecular weight is 243 g/mol. The first-order valence-electron chi connectivity index (χ1n) is 5.31. The van der Waals surface area contributed by atoms with Crippen LogP contribution in [0.5, 0.6) is 0 Å². The number of benzene rings is 1. The molecule has 0 bridgehead atoms. The molecule has 2 aromatic heterocycles. The van der Waals surface area contributed by atoms with E-state index >= 15 is 0 Å². The zero-order valence-electron chi connectivity index (χ0n) is 9.31. The van der Waals surface area contributed by atoms with Crippen molar-refractivity contribution in [2.45, 2.75) is 0 Å². The van der Waals surface area contributed by atoms with E-state index in [1.54, 1.807) is 12.1 Å². The largest absolute Gasteiger partial charge is 0.381 e. The lowest BCUT2D eigenvalue weighted by atomic mass is 10.1. The summed E-state index contributed by atoms with van der Waals surface area (Å²) in [6.07, 6.45) is 1.81. The number of anilines is 2. The zero-order chi connectivity index (χ0) is 12.7. The number of halogens is 1. The van der Waals surface area contributed by atoms with Crippen molar-refractivity contribution in [1.29, 1.82) is 0 Å². The Hall–Kier alpha value is -2.63. The minimum atomic E-state index is -0.657. The summed E-state index contributed by atoms with van der Waals surface area (Å²) in [5.74, 6) is -0.949. The van der Waals surface area contributed by atoms with Gasteiger partial charge in [0, 0.05) is 17.3 Å². The molecular weight excluding hydrogens is 233 g/mol. The molecule has 90 valence electrons. The van der Waals surface area contributed by atoms with E-state index in [2.05, 4.69) is 15.0 Å². The number of hydrogen-bond donors (Lipinski definition) is 3. The fourth-order valence-electron chi connectivity index (χ4n) is 1.87. The van der Waals surface area contributed by atoms with Crippen molar-refractivity contribution < 1.29 is 4.39 Å². The zero-order valence-corrected chi connectivity index (χ0v) is 9.31. The van der Waals surface area contributed by atoms with Crippen LogP contribution in [0, 0.1) is 5.82 Å². The van der Waals surface area contributed by atoms with E-state index in [0.717, 1.165) is 10.9 Å². The molecule has 3 aromatic rings. The Morgan fingerprint density at radius 2 is 1.94 bits per heavy atom. The number of nitrogens with one attached hydrogen (secondary N) is 1. The molecule has 0 aliphatic rings. The molecule has 0 aliphatic heterocycles. The smallest absolute Gasteiger partial charge is 0.222 e. The third kappa shape index (κ3) is 1.55. The van der Waals surface area contributed by atoms with Crippen molar-refractivity contribution in [3.8, 4) is 11.3 Å². The molecule has 0 aliphatic carbocycles. The molecule has 5 nitrogen and oxygen atoms in total. The van der Waals surface area contributed by atoms with Crippen LogP contribution in [0.25, 0.3) is 22.2 Å². The minimum Gasteiger partial charge on any atom is -0.381 e. The Morgan fingerprint density at radius 3 is 2.78 bits per heavy atom. The number of fused-ring (bicyclic) bond motifs is 1. The molecular formula is C12H10FN5. The van der Waals surface area contributed by atoms with E-state index in [9.17, 15) is 4.39 Å². The van der Waals surface area contributed by atoms with Gasteiger partial charge in [0.1, 0.15) is 5.69 Å². The second kappa shape index (κ2) is 3.69. The molecule has 0 radical (unpaired) electrons. The fourth-order valence-corrected chi connectivity index (χ4v) is 1.87. The lowest BCUT2D eigenvalue weighted by molar-refractivity contribution is 0.625. The summed E-state index contributed by atoms with van der Waals surface area (Å²) in [6, 6.07) is 7.35. The van der Waals surface area contributed by atoms with Crippen molar-refractivity contribution in [2.24, 2.45) is 0 Å². The van der Waals surface area contributed by atoms with E-state index in [4.69, 9.17) is 11.5 Å². The van der Waals surface area contributed by atoms with Crippen molar-refractivity contribution in [1.82, 2.24) is 15.0 Å². The quantitative estimate of drug-likeness (QED) is 0.608. The number of nitrogen functional groups attached to an aromatic ring is 2. The Labute approximate surface area is 102 Å². The minimum absolute atomic E-state index is 0.0458. The summed E-state index contributed by atoms with van der Waals surface area (Å²) in [4.78, 5) is 10.5. The van der Waals surface area contributed by atoms with E-state index in [0.29, 0.717) is 5.56 Å². The summed E-state index contributed by atoms with van der Waals surface area (Å²) in [5.41, 5.74) is 12.5. The van der Waals surface area contributed by atoms with Gasteiger partial charge in [-0.2, -0.15) is 4.98 Å². The Kier molecular flexibility index (Phi) is 2.16. The number of nitrogens with zero attached hydrogens (tertiary/aromatic N) is 2. The topological polar surface area (TPSA) is 93.6 Å². The molecule has 6 heteroatoms. The van der Waals surface area contributed by atoms with E-state index in [-0.39, 0.29) is 17.5 Å². The van der Waals surface area contributed by atoms with Crippen molar-refractivity contribution in [3.63, 3.8) is 0 Å². The van der Waals surface area contributed by atoms with Crippen LogP contribution in [0.2, 0.25) is 0 Å². The Balaban J connectivity index is 2.25. The van der Waals surface area contributed by atoms with Crippen LogP contribution in [-0.4, -0.2) is 15.0 Å². The van der Waals surface area contributed by atoms with Gasteiger partial charge in [-0.3, -0.25) is 0 Å². The predicted molar refractivity (Wildman–Crippen MR) is 68.1 cm³/mol. The second-order valence-corrected chi connectivity index (χ2v) is 3.91. The van der Waals surface area contributed by atoms with E-state index in [1.807, 2.05) is 18.3 Å². The van der Waals surface area contributed by atoms with Gasteiger partial charge in [-0.25, -0.2) is 9.37 Å². The molecule has 1 aromatic carbocycles. The summed E-state index contributed by atoms with van der Waals surface area (Å²) >= 11 is 0. The lowest BCUT2D eigenvalue weighted by Gasteiger charge is -2.05. The first kappa shape index (κ1) is 10.5. The number of hydrogen-bond acceptors (Lipinski definition) is 4. The monoisotopic (exact) mass is 243 g/mol. The van der Waals surface area contributed by atoms with Crippen molar-refractivity contribution >= 4 is 22.7 Å². The maximum Gasteiger partial charge on any atom is 0.222 e. The average Bonchev–Trinajstić information content (AvgIpc) is 2.80. The number of aromatic nitrogens is 3. The predicted octanol–water partition coefficient (Wildman–Crippen LogP) is 1.93. The van der Waals surface area contributed by atoms with Crippen LogP contribution in [0.3, 0.4) is 0 Å². The van der Waals surface area contributed by atoms with Gasteiger partial charge in [0.15, 0.2) is 11.6 Å². The van der Waals surface area contributed by atoms with Gasteiger partial charge in [-0.05, 0) is 17.5 Å². The van der Waals surface area contributed by atoms with Crippen LogP contribution in [0.15, 0.2) is 30.5 Å². The van der Waals surface area contributed by atoms with Gasteiger partial charge in [0.05, 0.1) is 0 Å². The Morgan fingerprint density at radius 1 is 1.11 bits per heavy atom. The van der Waals surface area contributed by atoms with Crippen LogP contribution in [-0.2, 0) is 0 Å². The SMILES string of the molecule is Nc1nc(N)c(F)c(-c2ccc3cc[nH]c3c2)n1. The molecule has 0 saturated heterocycles. The molecule has 5 N–H and O–H groups in total. The molecule has 0 atom stereocenters. The first-order valence-corrected chi connectivity index (χ1v) is 5.31. The Bertz CT molecular complexity index is 734. The lowest BCUT2D eigenvalue weighted by Crippen LogP contribution is -2.05. The normalized spacial score (nSPS) is 10.9. The number of H-pyrrole nitrogens is 1. The summed E-state index contributed by atoms with van der Waals surface area (Å²) in [6.45, 7) is 0. The van der Waals surface area contributed by atoms with E-state index in [1.165, 1.54) is 0 Å². The molecule has 0 fully saturated rings. The standard InChI is InChI=1S/C12H10FN5/c13-9-10(17-12(15)18-11(9)14)7-2-1-6-3-4-16-8(6)5-7/h1-5,16H,(H4,14,15,17,18). The summed E-state index contributed by atoms with van der Waals surface area (Å²) < 4.78 is 13.9. The molecule has 0 amide bonds. The van der Waals surface area contributed by atoms with Crippen LogP contribution >= 0.6 is 0 Å². The maximum absolute atomic E-state index is 13.9. The summed E-state index contributed by atoms with van der Waals surface area (Å²) in [7, 11) is 0. The number of rotatable bonds is 1. The van der Waals surface area contributed by atoms with Gasteiger partial charge in [0.25, 0.3) is 0 Å². The third-order valence-electron chi connectivity index (χ3n) is 2.72. The third-order valence-corrected chi connectivity index (χ3v) is 2.72. The highest BCUT2D eigenvalue weighted by Crippen LogP contribution is 2.26. The first-order chi connectivity index (χ1) is 8.65. The van der Waals surface area contributed by atoms with Crippen LogP contribution in [0.1, 0.15) is 0 Å². The molecule has 0 unspecified atom stereocenters. The second-order valence-electron chi connectivity index (χ2n) is 3.91. The van der Waals surface area contributed by atoms with Gasteiger partial charge in [-0.15, -0.1) is 0 Å². The van der Waals surface area contributed by atoms with Gasteiger partial charge in [0.2, 0.25) is 5.95 Å². The molecule has 3 rings (SSSR count). The van der Waals surface area contributed by atoms with Gasteiger partial charge in [-0.1, -0.05) is 12.1 Å². The molecule has 0 saturated carbocycles. The van der Waals surface area contributed by atoms with Crippen molar-refractivity contribution in [3.05, 3.63) is 36.3 Å². The molecule has 18 heavy (non-hydrogen) atoms. The maximum atomic E-state index is 13.9. The van der Waals surface area contributed by atoms with Gasteiger partial charge < -0.3 is 16.5 Å². The highest BCUT2D eigenvalue weighted by Gasteiger charge is 2.13. The van der Waals surface area contributed by atoms with Crippen LogP contribution < -0.4 is 11.5 Å². The highest BCUT2D eigenvalue weighted by molar-refractivity contribution is 5.84. The number of aromatic amines is 1. The summed E-state index contributed by atoms with van der Waals surface area (Å²) in [5, 5.41) is 1.04. The van der Waals surface area contributed by atoms with E-state index < -0.39 is 5.82 Å². The number of nitrogens with two attached hydrogens (primary N) is 2. The molecule has 0 spiro atoms. The fraction of sp³-hybridized carbons (Fsp3) is 0.